The first-order chi connectivity index (χ1) is 12.0. The molecular weight excluding hydrogens is 338 g/mol. The quantitative estimate of drug-likeness (QED) is 0.841. The van der Waals surface area contributed by atoms with Crippen molar-refractivity contribution in [1.29, 1.82) is 0 Å². The number of halogens is 1. The lowest BCUT2D eigenvalue weighted by Crippen LogP contribution is -2.50. The van der Waals surface area contributed by atoms with Gasteiger partial charge in [0.15, 0.2) is 0 Å². The van der Waals surface area contributed by atoms with Crippen LogP contribution in [0.2, 0.25) is 5.02 Å². The molecule has 6 heteroatoms. The normalized spacial score (nSPS) is 31.4. The van der Waals surface area contributed by atoms with Crippen molar-refractivity contribution in [3.8, 4) is 0 Å². The van der Waals surface area contributed by atoms with Gasteiger partial charge in [0.1, 0.15) is 5.92 Å². The molecule has 3 saturated heterocycles. The number of hydrogen-bond donors (Lipinski definition) is 1. The van der Waals surface area contributed by atoms with E-state index in [9.17, 15) is 9.59 Å². The molecule has 3 unspecified atom stereocenters. The number of rotatable bonds is 3. The number of hydrogen-bond acceptors (Lipinski definition) is 3. The molecule has 0 aromatic heterocycles. The fourth-order valence-corrected chi connectivity index (χ4v) is 4.76. The van der Waals surface area contributed by atoms with Gasteiger partial charge in [-0.3, -0.25) is 9.59 Å². The number of amides is 2. The minimum atomic E-state index is -0.559. The number of nitrogens with one attached hydrogen (secondary N) is 1. The SMILES string of the molecule is CN(C(=O)C1CCN(c2cccc(Cl)c2)C1=O)C1CC2CCC(C1)N2. The molecule has 1 N–H and O–H groups in total. The smallest absolute Gasteiger partial charge is 0.239 e. The maximum Gasteiger partial charge on any atom is 0.239 e. The second kappa shape index (κ2) is 6.61. The molecule has 1 aromatic carbocycles. The molecule has 3 atom stereocenters. The number of benzene rings is 1. The van der Waals surface area contributed by atoms with Crippen LogP contribution in [0.4, 0.5) is 5.69 Å². The second-order valence-electron chi connectivity index (χ2n) is 7.52. The van der Waals surface area contributed by atoms with Gasteiger partial charge in [0, 0.05) is 42.4 Å². The highest BCUT2D eigenvalue weighted by molar-refractivity contribution is 6.31. The average molecular weight is 362 g/mol. The van der Waals surface area contributed by atoms with E-state index in [0.29, 0.717) is 30.1 Å². The molecule has 25 heavy (non-hydrogen) atoms. The number of carbonyl (C=O) groups is 2. The van der Waals surface area contributed by atoms with Gasteiger partial charge in [0.2, 0.25) is 11.8 Å². The molecule has 5 nitrogen and oxygen atoms in total. The first-order valence-electron chi connectivity index (χ1n) is 9.12. The Morgan fingerprint density at radius 1 is 1.24 bits per heavy atom. The van der Waals surface area contributed by atoms with Crippen molar-refractivity contribution in [2.24, 2.45) is 5.92 Å². The van der Waals surface area contributed by atoms with E-state index in [1.165, 1.54) is 12.8 Å². The molecule has 0 spiro atoms. The summed E-state index contributed by atoms with van der Waals surface area (Å²) in [4.78, 5) is 29.3. The summed E-state index contributed by atoms with van der Waals surface area (Å²) in [6.07, 6.45) is 4.98. The molecule has 0 radical (unpaired) electrons. The maximum atomic E-state index is 13.0. The Labute approximate surface area is 153 Å². The zero-order valence-corrected chi connectivity index (χ0v) is 15.2. The van der Waals surface area contributed by atoms with E-state index < -0.39 is 5.92 Å². The molecule has 3 heterocycles. The molecule has 0 aliphatic carbocycles. The van der Waals surface area contributed by atoms with Gasteiger partial charge >= 0.3 is 0 Å². The molecular formula is C19H24ClN3O2. The Hall–Kier alpha value is -1.59. The molecule has 3 aliphatic rings. The van der Waals surface area contributed by atoms with Crippen LogP contribution in [0.5, 0.6) is 0 Å². The number of carbonyl (C=O) groups excluding carboxylic acids is 2. The van der Waals surface area contributed by atoms with Crippen LogP contribution in [0.1, 0.15) is 32.1 Å². The second-order valence-corrected chi connectivity index (χ2v) is 7.96. The minimum absolute atomic E-state index is 0.0270. The average Bonchev–Trinajstić information content (AvgIpc) is 3.15. The number of nitrogens with zero attached hydrogens (tertiary/aromatic N) is 2. The minimum Gasteiger partial charge on any atom is -0.342 e. The Morgan fingerprint density at radius 2 is 1.96 bits per heavy atom. The molecule has 2 amide bonds. The summed E-state index contributed by atoms with van der Waals surface area (Å²) in [5.74, 6) is -0.687. The first kappa shape index (κ1) is 16.9. The fourth-order valence-electron chi connectivity index (χ4n) is 4.58. The lowest BCUT2D eigenvalue weighted by molar-refractivity contribution is -0.141. The van der Waals surface area contributed by atoms with E-state index in [2.05, 4.69) is 5.32 Å². The lowest BCUT2D eigenvalue weighted by Gasteiger charge is -2.36. The van der Waals surface area contributed by atoms with Gasteiger partial charge in [-0.2, -0.15) is 0 Å². The first-order valence-corrected chi connectivity index (χ1v) is 9.50. The Balaban J connectivity index is 1.45. The number of piperidine rings is 1. The van der Waals surface area contributed by atoms with Gasteiger partial charge in [0.25, 0.3) is 0 Å². The summed E-state index contributed by atoms with van der Waals surface area (Å²) in [5.41, 5.74) is 0.773. The summed E-state index contributed by atoms with van der Waals surface area (Å²) < 4.78 is 0. The van der Waals surface area contributed by atoms with Crippen LogP contribution in [0, 0.1) is 5.92 Å². The van der Waals surface area contributed by atoms with Crippen molar-refractivity contribution in [3.63, 3.8) is 0 Å². The van der Waals surface area contributed by atoms with Crippen LogP contribution < -0.4 is 10.2 Å². The summed E-state index contributed by atoms with van der Waals surface area (Å²) >= 11 is 6.04. The van der Waals surface area contributed by atoms with Crippen molar-refractivity contribution >= 4 is 29.1 Å². The van der Waals surface area contributed by atoms with Crippen LogP contribution in [0.15, 0.2) is 24.3 Å². The third kappa shape index (κ3) is 3.15. The lowest BCUT2D eigenvalue weighted by atomic mass is 9.96. The van der Waals surface area contributed by atoms with E-state index in [0.717, 1.165) is 18.5 Å². The summed E-state index contributed by atoms with van der Waals surface area (Å²) in [6, 6.07) is 8.57. The van der Waals surface area contributed by atoms with Crippen molar-refractivity contribution in [1.82, 2.24) is 10.2 Å². The van der Waals surface area contributed by atoms with Gasteiger partial charge < -0.3 is 15.1 Å². The zero-order valence-electron chi connectivity index (χ0n) is 14.5. The summed E-state index contributed by atoms with van der Waals surface area (Å²) in [6.45, 7) is 0.570. The van der Waals surface area contributed by atoms with E-state index in [1.54, 1.807) is 17.0 Å². The summed E-state index contributed by atoms with van der Waals surface area (Å²) in [7, 11) is 1.87. The maximum absolute atomic E-state index is 13.0. The highest BCUT2D eigenvalue weighted by Gasteiger charge is 2.42. The Kier molecular flexibility index (Phi) is 4.46. The van der Waals surface area contributed by atoms with E-state index in [-0.39, 0.29) is 17.9 Å². The molecule has 2 bridgehead atoms. The highest BCUT2D eigenvalue weighted by Crippen LogP contribution is 2.32. The van der Waals surface area contributed by atoms with Crippen molar-refractivity contribution in [3.05, 3.63) is 29.3 Å². The molecule has 1 aromatic rings. The van der Waals surface area contributed by atoms with Gasteiger partial charge in [-0.05, 0) is 50.3 Å². The van der Waals surface area contributed by atoms with Crippen molar-refractivity contribution in [2.75, 3.05) is 18.5 Å². The molecule has 4 rings (SSSR count). The molecule has 134 valence electrons. The highest BCUT2D eigenvalue weighted by atomic mass is 35.5. The summed E-state index contributed by atoms with van der Waals surface area (Å²) in [5, 5.41) is 4.20. The van der Waals surface area contributed by atoms with Gasteiger partial charge in [-0.25, -0.2) is 0 Å². The Morgan fingerprint density at radius 3 is 2.64 bits per heavy atom. The van der Waals surface area contributed by atoms with Crippen LogP contribution in [-0.4, -0.2) is 48.4 Å². The monoisotopic (exact) mass is 361 g/mol. The third-order valence-corrected chi connectivity index (χ3v) is 6.20. The number of anilines is 1. The Bertz CT molecular complexity index is 683. The van der Waals surface area contributed by atoms with Crippen molar-refractivity contribution < 1.29 is 9.59 Å². The van der Waals surface area contributed by atoms with Gasteiger partial charge in [-0.1, -0.05) is 17.7 Å². The molecule has 3 fully saturated rings. The molecule has 0 saturated carbocycles. The standard InChI is InChI=1S/C19H24ClN3O2/c1-22(16-10-13-5-6-14(11-16)21-13)18(24)17-7-8-23(19(17)25)15-4-2-3-12(20)9-15/h2-4,9,13-14,16-17,21H,5-8,10-11H2,1H3. The largest absolute Gasteiger partial charge is 0.342 e. The number of fused-ring (bicyclic) bond motifs is 2. The zero-order chi connectivity index (χ0) is 17.6. The van der Waals surface area contributed by atoms with E-state index in [1.807, 2.05) is 24.1 Å². The van der Waals surface area contributed by atoms with Gasteiger partial charge in [-0.15, -0.1) is 0 Å². The topological polar surface area (TPSA) is 52.7 Å². The van der Waals surface area contributed by atoms with Gasteiger partial charge in [0.05, 0.1) is 0 Å². The van der Waals surface area contributed by atoms with Crippen LogP contribution in [0.3, 0.4) is 0 Å². The third-order valence-electron chi connectivity index (χ3n) is 5.97. The predicted octanol–water partition coefficient (Wildman–Crippen LogP) is 2.43. The molecule has 3 aliphatic heterocycles. The van der Waals surface area contributed by atoms with E-state index >= 15 is 0 Å². The van der Waals surface area contributed by atoms with E-state index in [4.69, 9.17) is 11.6 Å². The van der Waals surface area contributed by atoms with Crippen LogP contribution in [0.25, 0.3) is 0 Å². The van der Waals surface area contributed by atoms with Crippen molar-refractivity contribution in [2.45, 2.75) is 50.2 Å². The van der Waals surface area contributed by atoms with Crippen LogP contribution >= 0.6 is 11.6 Å². The fraction of sp³-hybridized carbons (Fsp3) is 0.579. The predicted molar refractivity (Wildman–Crippen MR) is 97.6 cm³/mol. The van der Waals surface area contributed by atoms with Crippen LogP contribution in [-0.2, 0) is 9.59 Å².